The molecule has 0 saturated carbocycles. The third kappa shape index (κ3) is 24.1. The lowest BCUT2D eigenvalue weighted by atomic mass is 10.1. The molecule has 2 N–H and O–H groups in total. The molecule has 0 bridgehead atoms. The SMILES string of the molecule is CCC=CCC=CCC=CCC=CCC=CCC=CCCC(=O)NCC(C)(C)NC(=O)C=CC(=O)OC. The van der Waals surface area contributed by atoms with Crippen LogP contribution in [0.3, 0.4) is 0 Å². The summed E-state index contributed by atoms with van der Waals surface area (Å²) in [5.74, 6) is -1.11. The Balaban J connectivity index is 3.89. The molecule has 6 nitrogen and oxygen atoms in total. The molecular weight excluding hydrogens is 464 g/mol. The van der Waals surface area contributed by atoms with E-state index in [9.17, 15) is 14.4 Å². The van der Waals surface area contributed by atoms with Crippen LogP contribution in [0.5, 0.6) is 0 Å². The first-order chi connectivity index (χ1) is 17.8. The van der Waals surface area contributed by atoms with Crippen molar-refractivity contribution in [1.82, 2.24) is 10.6 Å². The summed E-state index contributed by atoms with van der Waals surface area (Å²) < 4.78 is 4.44. The van der Waals surface area contributed by atoms with Gasteiger partial charge in [0, 0.05) is 25.1 Å². The average Bonchev–Trinajstić information content (AvgIpc) is 2.87. The van der Waals surface area contributed by atoms with Gasteiger partial charge in [-0.2, -0.15) is 0 Å². The molecule has 0 aromatic carbocycles. The molecule has 6 heteroatoms. The third-order valence-electron chi connectivity index (χ3n) is 4.90. The molecule has 0 atom stereocenters. The maximum absolute atomic E-state index is 12.0. The van der Waals surface area contributed by atoms with Gasteiger partial charge in [-0.1, -0.05) is 79.8 Å². The fourth-order valence-corrected chi connectivity index (χ4v) is 2.89. The normalized spacial score (nSPS) is 12.9. The van der Waals surface area contributed by atoms with Crippen LogP contribution in [0, 0.1) is 0 Å². The molecule has 0 unspecified atom stereocenters. The van der Waals surface area contributed by atoms with Crippen molar-refractivity contribution >= 4 is 17.8 Å². The molecule has 0 heterocycles. The largest absolute Gasteiger partial charge is 0.466 e. The van der Waals surface area contributed by atoms with Crippen molar-refractivity contribution in [3.63, 3.8) is 0 Å². The Morgan fingerprint density at radius 3 is 1.62 bits per heavy atom. The Hall–Kier alpha value is -3.41. The van der Waals surface area contributed by atoms with Crippen molar-refractivity contribution in [2.45, 2.75) is 77.7 Å². The first-order valence-electron chi connectivity index (χ1n) is 13.1. The van der Waals surface area contributed by atoms with Crippen LogP contribution >= 0.6 is 0 Å². The highest BCUT2D eigenvalue weighted by molar-refractivity contribution is 5.94. The molecule has 0 spiro atoms. The van der Waals surface area contributed by atoms with Crippen LogP contribution in [-0.4, -0.2) is 37.0 Å². The highest BCUT2D eigenvalue weighted by Crippen LogP contribution is 2.02. The van der Waals surface area contributed by atoms with E-state index in [0.29, 0.717) is 12.8 Å². The van der Waals surface area contributed by atoms with Crippen molar-refractivity contribution in [3.8, 4) is 0 Å². The van der Waals surface area contributed by atoms with Crippen molar-refractivity contribution < 1.29 is 19.1 Å². The summed E-state index contributed by atoms with van der Waals surface area (Å²) in [7, 11) is 1.24. The zero-order valence-electron chi connectivity index (χ0n) is 23.1. The van der Waals surface area contributed by atoms with E-state index in [-0.39, 0.29) is 12.5 Å². The number of nitrogens with one attached hydrogen (secondary N) is 2. The number of ether oxygens (including phenoxy) is 1. The van der Waals surface area contributed by atoms with E-state index in [1.54, 1.807) is 13.8 Å². The summed E-state index contributed by atoms with van der Waals surface area (Å²) in [6, 6.07) is 0. The van der Waals surface area contributed by atoms with Gasteiger partial charge in [0.05, 0.1) is 12.6 Å². The minimum absolute atomic E-state index is 0.0769. The first-order valence-corrected chi connectivity index (χ1v) is 13.1. The lowest BCUT2D eigenvalue weighted by molar-refractivity contribution is -0.135. The van der Waals surface area contributed by atoms with Gasteiger partial charge in [-0.05, 0) is 58.8 Å². The van der Waals surface area contributed by atoms with Gasteiger partial charge >= 0.3 is 5.97 Å². The molecule has 0 aromatic heterocycles. The number of carbonyl (C=O) groups excluding carboxylic acids is 3. The van der Waals surface area contributed by atoms with Crippen molar-refractivity contribution in [2.75, 3.05) is 13.7 Å². The molecule has 0 saturated heterocycles. The second-order valence-electron chi connectivity index (χ2n) is 8.96. The predicted octanol–water partition coefficient (Wildman–Crippen LogP) is 6.20. The molecule has 0 radical (unpaired) electrons. The fraction of sp³-hybridized carbons (Fsp3) is 0.452. The average molecular weight is 511 g/mol. The van der Waals surface area contributed by atoms with E-state index < -0.39 is 17.4 Å². The third-order valence-corrected chi connectivity index (χ3v) is 4.90. The number of allylic oxidation sites excluding steroid dienone is 12. The predicted molar refractivity (Wildman–Crippen MR) is 154 cm³/mol. The number of methoxy groups -OCH3 is 1. The van der Waals surface area contributed by atoms with Crippen molar-refractivity contribution in [2.24, 2.45) is 0 Å². The topological polar surface area (TPSA) is 84.5 Å². The van der Waals surface area contributed by atoms with Gasteiger partial charge in [0.15, 0.2) is 0 Å². The number of amides is 2. The van der Waals surface area contributed by atoms with Crippen molar-refractivity contribution in [3.05, 3.63) is 85.1 Å². The van der Waals surface area contributed by atoms with Crippen molar-refractivity contribution in [1.29, 1.82) is 0 Å². The highest BCUT2D eigenvalue weighted by atomic mass is 16.5. The molecule has 0 fully saturated rings. The monoisotopic (exact) mass is 510 g/mol. The van der Waals surface area contributed by atoms with Gasteiger partial charge in [-0.25, -0.2) is 4.79 Å². The number of hydrogen-bond donors (Lipinski definition) is 2. The van der Waals surface area contributed by atoms with Crippen LogP contribution in [0.4, 0.5) is 0 Å². The van der Waals surface area contributed by atoms with Gasteiger partial charge in [0.25, 0.3) is 0 Å². The highest BCUT2D eigenvalue weighted by Gasteiger charge is 2.20. The molecular formula is C31H46N2O4. The van der Waals surface area contributed by atoms with E-state index in [1.807, 2.05) is 6.08 Å². The second kappa shape index (κ2) is 23.0. The fourth-order valence-electron chi connectivity index (χ4n) is 2.89. The summed E-state index contributed by atoms with van der Waals surface area (Å²) in [6.45, 7) is 6.02. The minimum Gasteiger partial charge on any atom is -0.466 e. The van der Waals surface area contributed by atoms with E-state index in [1.165, 1.54) is 7.11 Å². The van der Waals surface area contributed by atoms with Gasteiger partial charge in [-0.15, -0.1) is 0 Å². The van der Waals surface area contributed by atoms with Crippen LogP contribution in [0.25, 0.3) is 0 Å². The molecule has 0 aromatic rings. The summed E-state index contributed by atoms with van der Waals surface area (Å²) >= 11 is 0. The number of carbonyl (C=O) groups is 3. The Bertz CT molecular complexity index is 858. The quantitative estimate of drug-likeness (QED) is 0.123. The lowest BCUT2D eigenvalue weighted by Crippen LogP contribution is -2.51. The Kier molecular flexibility index (Phi) is 20.9. The summed E-state index contributed by atoms with van der Waals surface area (Å²) in [6.07, 6.45) is 34.8. The smallest absolute Gasteiger partial charge is 0.330 e. The standard InChI is InChI=1S/C31H46N2O4/c1-5-6-7-8-9-10-11-12-13-14-15-16-17-18-19-20-21-22-23-24-28(34)32-27-31(2,3)33-29(35)25-26-30(36)37-4/h6-7,9-10,12-13,15-16,18-19,21-22,25-26H,5,8,11,14,17,20,23-24,27H2,1-4H3,(H,32,34)(H,33,35). The molecule has 2 amide bonds. The lowest BCUT2D eigenvalue weighted by Gasteiger charge is -2.25. The number of rotatable bonds is 19. The van der Waals surface area contributed by atoms with E-state index in [4.69, 9.17) is 0 Å². The van der Waals surface area contributed by atoms with E-state index in [0.717, 1.165) is 50.7 Å². The molecule has 0 aliphatic heterocycles. The van der Waals surface area contributed by atoms with Gasteiger partial charge in [0.2, 0.25) is 11.8 Å². The Labute approximate surface area is 224 Å². The maximum Gasteiger partial charge on any atom is 0.330 e. The van der Waals surface area contributed by atoms with Gasteiger partial charge < -0.3 is 15.4 Å². The van der Waals surface area contributed by atoms with Crippen LogP contribution in [-0.2, 0) is 19.1 Å². The zero-order valence-corrected chi connectivity index (χ0v) is 23.1. The second-order valence-corrected chi connectivity index (χ2v) is 8.96. The maximum atomic E-state index is 12.0. The van der Waals surface area contributed by atoms with E-state index >= 15 is 0 Å². The van der Waals surface area contributed by atoms with E-state index in [2.05, 4.69) is 89.1 Å². The summed E-state index contributed by atoms with van der Waals surface area (Å²) in [5.41, 5.74) is -0.651. The van der Waals surface area contributed by atoms with Gasteiger partial charge in [-0.3, -0.25) is 9.59 Å². The van der Waals surface area contributed by atoms with Crippen LogP contribution < -0.4 is 10.6 Å². The van der Waals surface area contributed by atoms with Gasteiger partial charge in [0.1, 0.15) is 0 Å². The number of hydrogen-bond acceptors (Lipinski definition) is 4. The van der Waals surface area contributed by atoms with Crippen LogP contribution in [0.1, 0.15) is 72.1 Å². The molecule has 0 aliphatic carbocycles. The summed E-state index contributed by atoms with van der Waals surface area (Å²) in [4.78, 5) is 34.9. The Morgan fingerprint density at radius 2 is 1.16 bits per heavy atom. The zero-order chi connectivity index (χ0) is 27.6. The van der Waals surface area contributed by atoms with Crippen LogP contribution in [0.2, 0.25) is 0 Å². The molecule has 0 aliphatic rings. The molecule has 37 heavy (non-hydrogen) atoms. The summed E-state index contributed by atoms with van der Waals surface area (Å²) in [5, 5.41) is 5.57. The molecule has 204 valence electrons. The van der Waals surface area contributed by atoms with Crippen LogP contribution in [0.15, 0.2) is 85.1 Å². The molecule has 0 rings (SSSR count). The minimum atomic E-state index is -0.651. The number of esters is 1. The Morgan fingerprint density at radius 1 is 0.703 bits per heavy atom. The first kappa shape index (κ1) is 33.6.